The molecular weight excluding hydrogens is 425 g/mol. The zero-order valence-corrected chi connectivity index (χ0v) is 18.2. The summed E-state index contributed by atoms with van der Waals surface area (Å²) in [5.74, 6) is 1.60. The molecule has 32 heavy (non-hydrogen) atoms. The van der Waals surface area contributed by atoms with Gasteiger partial charge in [-0.2, -0.15) is 4.98 Å². The Balaban J connectivity index is 1.62. The molecule has 0 saturated heterocycles. The molecule has 0 spiro atoms. The molecule has 0 saturated carbocycles. The van der Waals surface area contributed by atoms with Crippen molar-refractivity contribution >= 4 is 11.8 Å². The van der Waals surface area contributed by atoms with Gasteiger partial charge in [-0.25, -0.2) is 9.37 Å². The first kappa shape index (κ1) is 20.6. The highest BCUT2D eigenvalue weighted by Crippen LogP contribution is 2.43. The van der Waals surface area contributed by atoms with E-state index < -0.39 is 0 Å². The summed E-state index contributed by atoms with van der Waals surface area (Å²) in [6, 6.07) is 16.6. The third-order valence-corrected chi connectivity index (χ3v) is 6.48. The zero-order chi connectivity index (χ0) is 22.1. The van der Waals surface area contributed by atoms with E-state index >= 15 is 0 Å². The molecule has 2 aromatic carbocycles. The molecule has 1 aliphatic rings. The summed E-state index contributed by atoms with van der Waals surface area (Å²) in [5, 5.41) is 10.5. The monoisotopic (exact) mass is 445 g/mol. The number of halogens is 1. The summed E-state index contributed by atoms with van der Waals surface area (Å²) in [4.78, 5) is 13.7. The first-order chi connectivity index (χ1) is 15.6. The van der Waals surface area contributed by atoms with E-state index in [4.69, 9.17) is 9.72 Å². The van der Waals surface area contributed by atoms with E-state index in [0.717, 1.165) is 21.7 Å². The second kappa shape index (κ2) is 8.68. The Kier molecular flexibility index (Phi) is 5.59. The SMILES string of the molecule is Cc1ncc(CO)c2c1Oc1nc(-c3ccccc3F)nc(SCc3ccccc3)c1C2. The molecule has 1 aliphatic heterocycles. The van der Waals surface area contributed by atoms with E-state index in [0.29, 0.717) is 40.6 Å². The molecule has 0 amide bonds. The fraction of sp³-hybridized carbons (Fsp3) is 0.160. The van der Waals surface area contributed by atoms with Crippen LogP contribution in [0.15, 0.2) is 65.8 Å². The first-order valence-corrected chi connectivity index (χ1v) is 11.2. The van der Waals surface area contributed by atoms with Crippen molar-refractivity contribution in [1.82, 2.24) is 15.0 Å². The van der Waals surface area contributed by atoms with E-state index in [1.54, 1.807) is 36.2 Å². The van der Waals surface area contributed by atoms with Crippen LogP contribution in [0.2, 0.25) is 0 Å². The van der Waals surface area contributed by atoms with Crippen LogP contribution in [-0.4, -0.2) is 20.1 Å². The highest BCUT2D eigenvalue weighted by atomic mass is 32.2. The minimum absolute atomic E-state index is 0.130. The van der Waals surface area contributed by atoms with Crippen molar-refractivity contribution in [2.24, 2.45) is 0 Å². The Morgan fingerprint density at radius 3 is 2.59 bits per heavy atom. The lowest BCUT2D eigenvalue weighted by Gasteiger charge is -2.24. The summed E-state index contributed by atoms with van der Waals surface area (Å²) >= 11 is 1.56. The van der Waals surface area contributed by atoms with E-state index in [2.05, 4.69) is 22.1 Å². The van der Waals surface area contributed by atoms with Gasteiger partial charge < -0.3 is 9.84 Å². The van der Waals surface area contributed by atoms with E-state index in [-0.39, 0.29) is 18.2 Å². The summed E-state index contributed by atoms with van der Waals surface area (Å²) < 4.78 is 20.7. The van der Waals surface area contributed by atoms with Gasteiger partial charge in [0.25, 0.3) is 0 Å². The van der Waals surface area contributed by atoms with Crippen molar-refractivity contribution in [2.75, 3.05) is 0 Å². The normalized spacial score (nSPS) is 12.1. The Labute approximate surface area is 189 Å². The molecule has 0 fully saturated rings. The number of thioether (sulfide) groups is 1. The van der Waals surface area contributed by atoms with E-state index in [1.807, 2.05) is 25.1 Å². The van der Waals surface area contributed by atoms with Gasteiger partial charge in [-0.3, -0.25) is 4.98 Å². The van der Waals surface area contributed by atoms with Gasteiger partial charge in [0.15, 0.2) is 11.6 Å². The fourth-order valence-electron chi connectivity index (χ4n) is 3.70. The number of rotatable bonds is 5. The minimum atomic E-state index is -0.386. The maximum absolute atomic E-state index is 14.5. The van der Waals surface area contributed by atoms with Crippen LogP contribution in [0.25, 0.3) is 11.4 Å². The number of nitrogens with zero attached hydrogens (tertiary/aromatic N) is 3. The Morgan fingerprint density at radius 2 is 1.81 bits per heavy atom. The van der Waals surface area contributed by atoms with Gasteiger partial charge >= 0.3 is 0 Å². The highest BCUT2D eigenvalue weighted by molar-refractivity contribution is 7.98. The summed E-state index contributed by atoms with van der Waals surface area (Å²) in [6.07, 6.45) is 2.19. The number of aromatic nitrogens is 3. The zero-order valence-electron chi connectivity index (χ0n) is 17.4. The smallest absolute Gasteiger partial charge is 0.227 e. The molecular formula is C25H20FN3O2S. The first-order valence-electron chi connectivity index (χ1n) is 10.2. The third kappa shape index (κ3) is 3.85. The van der Waals surface area contributed by atoms with Gasteiger partial charge in [-0.05, 0) is 24.6 Å². The molecule has 0 radical (unpaired) electrons. The second-order valence-corrected chi connectivity index (χ2v) is 8.47. The van der Waals surface area contributed by atoms with Crippen LogP contribution in [0.4, 0.5) is 4.39 Å². The largest absolute Gasteiger partial charge is 0.436 e. The van der Waals surface area contributed by atoms with Gasteiger partial charge in [-0.1, -0.05) is 42.5 Å². The molecule has 7 heteroatoms. The maximum Gasteiger partial charge on any atom is 0.227 e. The van der Waals surface area contributed by atoms with Crippen molar-refractivity contribution in [3.05, 3.63) is 94.6 Å². The third-order valence-electron chi connectivity index (χ3n) is 5.39. The average molecular weight is 446 g/mol. The minimum Gasteiger partial charge on any atom is -0.436 e. The number of hydrogen-bond acceptors (Lipinski definition) is 6. The molecule has 4 aromatic rings. The number of aliphatic hydroxyl groups excluding tert-OH is 1. The number of fused-ring (bicyclic) bond motifs is 2. The molecule has 5 nitrogen and oxygen atoms in total. The maximum atomic E-state index is 14.5. The van der Waals surface area contributed by atoms with Crippen LogP contribution in [0.3, 0.4) is 0 Å². The molecule has 0 bridgehead atoms. The van der Waals surface area contributed by atoms with Crippen molar-refractivity contribution in [1.29, 1.82) is 0 Å². The quantitative estimate of drug-likeness (QED) is 0.286. The average Bonchev–Trinajstić information content (AvgIpc) is 2.83. The number of aliphatic hydroxyl groups is 1. The number of ether oxygens (including phenoxy) is 1. The van der Waals surface area contributed by atoms with Crippen molar-refractivity contribution in [3.8, 4) is 23.0 Å². The van der Waals surface area contributed by atoms with Crippen LogP contribution in [-0.2, 0) is 18.8 Å². The lowest BCUT2D eigenvalue weighted by molar-refractivity contribution is 0.278. The second-order valence-electron chi connectivity index (χ2n) is 7.50. The van der Waals surface area contributed by atoms with Gasteiger partial charge in [0.2, 0.25) is 5.88 Å². The summed E-state index contributed by atoms with van der Waals surface area (Å²) in [5.41, 5.74) is 4.63. The lowest BCUT2D eigenvalue weighted by Crippen LogP contribution is -2.13. The van der Waals surface area contributed by atoms with Gasteiger partial charge in [0.1, 0.15) is 10.8 Å². The number of hydrogen-bond donors (Lipinski definition) is 1. The van der Waals surface area contributed by atoms with Crippen LogP contribution < -0.4 is 4.74 Å². The Morgan fingerprint density at radius 1 is 1.03 bits per heavy atom. The molecule has 0 aliphatic carbocycles. The van der Waals surface area contributed by atoms with Crippen molar-refractivity contribution in [2.45, 2.75) is 30.7 Å². The van der Waals surface area contributed by atoms with Crippen LogP contribution in [0.5, 0.6) is 11.6 Å². The Hall–Kier alpha value is -3.29. The van der Waals surface area contributed by atoms with Gasteiger partial charge in [0, 0.05) is 29.5 Å². The lowest BCUT2D eigenvalue weighted by atomic mass is 9.99. The predicted octanol–water partition coefficient (Wildman–Crippen LogP) is 5.47. The van der Waals surface area contributed by atoms with Crippen molar-refractivity contribution in [3.63, 3.8) is 0 Å². The fourth-order valence-corrected chi connectivity index (χ4v) is 4.68. The molecule has 0 atom stereocenters. The highest BCUT2D eigenvalue weighted by Gasteiger charge is 2.28. The molecule has 2 aromatic heterocycles. The topological polar surface area (TPSA) is 68.1 Å². The molecule has 5 rings (SSSR count). The summed E-state index contributed by atoms with van der Waals surface area (Å²) in [7, 11) is 0. The number of pyridine rings is 1. The Bertz CT molecular complexity index is 1300. The van der Waals surface area contributed by atoms with E-state index in [9.17, 15) is 9.50 Å². The predicted molar refractivity (Wildman–Crippen MR) is 121 cm³/mol. The van der Waals surface area contributed by atoms with Crippen molar-refractivity contribution < 1.29 is 14.2 Å². The van der Waals surface area contributed by atoms with Crippen LogP contribution in [0.1, 0.15) is 27.9 Å². The molecule has 3 heterocycles. The molecule has 160 valence electrons. The summed E-state index contributed by atoms with van der Waals surface area (Å²) in [6.45, 7) is 1.73. The standard InChI is InChI=1S/C25H20FN3O2S/c1-15-22-19(17(13-30)12-27-15)11-20-24(31-22)28-23(18-9-5-6-10-21(18)26)29-25(20)32-14-16-7-3-2-4-8-16/h2-10,12,30H,11,13-14H2,1H3. The van der Waals surface area contributed by atoms with Gasteiger partial charge in [0.05, 0.1) is 23.4 Å². The number of benzene rings is 2. The van der Waals surface area contributed by atoms with Crippen LogP contribution in [0, 0.1) is 12.7 Å². The van der Waals surface area contributed by atoms with Crippen LogP contribution >= 0.6 is 11.8 Å². The number of aryl methyl sites for hydroxylation is 1. The molecule has 0 unspecified atom stereocenters. The van der Waals surface area contributed by atoms with E-state index in [1.165, 1.54) is 6.07 Å². The van der Waals surface area contributed by atoms with Gasteiger partial charge in [-0.15, -0.1) is 11.8 Å². The molecule has 1 N–H and O–H groups in total.